The van der Waals surface area contributed by atoms with Crippen LogP contribution in [0.3, 0.4) is 0 Å². The van der Waals surface area contributed by atoms with Crippen molar-refractivity contribution in [3.63, 3.8) is 0 Å². The van der Waals surface area contributed by atoms with Gasteiger partial charge in [0, 0.05) is 6.07 Å². The van der Waals surface area contributed by atoms with Crippen molar-refractivity contribution in [1.29, 1.82) is 0 Å². The molecule has 2 nitrogen and oxygen atoms in total. The molecule has 3 heteroatoms. The molecule has 1 rings (SSSR count). The highest BCUT2D eigenvalue weighted by Crippen LogP contribution is 2.22. The largest absolute Gasteiger partial charge is 0.492 e. The van der Waals surface area contributed by atoms with Crippen LogP contribution in [-0.2, 0) is 0 Å². The lowest BCUT2D eigenvalue weighted by Crippen LogP contribution is -2.11. The Morgan fingerprint density at radius 2 is 2.06 bits per heavy atom. The molecule has 0 aliphatic carbocycles. The van der Waals surface area contributed by atoms with Crippen LogP contribution >= 0.6 is 0 Å². The molecular weight excluding hydrogens is 229 g/mol. The van der Waals surface area contributed by atoms with Crippen LogP contribution < -0.4 is 10.5 Å². The Kier molecular flexibility index (Phi) is 5.18. The van der Waals surface area contributed by atoms with Crippen LogP contribution in [0.1, 0.15) is 32.8 Å². The quantitative estimate of drug-likeness (QED) is 0.836. The minimum atomic E-state index is -0.320. The predicted octanol–water partition coefficient (Wildman–Crippen LogP) is 2.95. The average molecular weight is 249 g/mol. The van der Waals surface area contributed by atoms with Crippen molar-refractivity contribution in [2.45, 2.75) is 27.2 Å². The van der Waals surface area contributed by atoms with Gasteiger partial charge in [0.05, 0.1) is 18.7 Å². The molecule has 1 aromatic carbocycles. The van der Waals surface area contributed by atoms with Crippen LogP contribution in [0.15, 0.2) is 18.2 Å². The fourth-order valence-electron chi connectivity index (χ4n) is 1.33. The molecule has 0 aromatic heterocycles. The van der Waals surface area contributed by atoms with Gasteiger partial charge in [-0.15, -0.1) is 0 Å². The molecule has 0 bridgehead atoms. The lowest BCUT2D eigenvalue weighted by Gasteiger charge is -2.18. The van der Waals surface area contributed by atoms with Crippen molar-refractivity contribution in [1.82, 2.24) is 0 Å². The van der Waals surface area contributed by atoms with Crippen molar-refractivity contribution in [2.75, 3.05) is 13.2 Å². The molecule has 0 saturated carbocycles. The number of benzene rings is 1. The van der Waals surface area contributed by atoms with Gasteiger partial charge in [-0.3, -0.25) is 0 Å². The molecule has 0 atom stereocenters. The smallest absolute Gasteiger partial charge is 0.137 e. The van der Waals surface area contributed by atoms with E-state index < -0.39 is 0 Å². The zero-order valence-corrected chi connectivity index (χ0v) is 11.2. The summed E-state index contributed by atoms with van der Waals surface area (Å²) >= 11 is 0. The van der Waals surface area contributed by atoms with E-state index in [9.17, 15) is 4.39 Å². The van der Waals surface area contributed by atoms with Gasteiger partial charge in [0.2, 0.25) is 0 Å². The molecule has 18 heavy (non-hydrogen) atoms. The van der Waals surface area contributed by atoms with Gasteiger partial charge in [-0.25, -0.2) is 4.39 Å². The van der Waals surface area contributed by atoms with E-state index in [-0.39, 0.29) is 17.8 Å². The lowest BCUT2D eigenvalue weighted by atomic mass is 9.93. The van der Waals surface area contributed by atoms with Crippen LogP contribution in [0.2, 0.25) is 0 Å². The second-order valence-electron chi connectivity index (χ2n) is 5.31. The van der Waals surface area contributed by atoms with Crippen LogP contribution in [0.25, 0.3) is 0 Å². The van der Waals surface area contributed by atoms with Gasteiger partial charge in [-0.05, 0) is 24.0 Å². The molecule has 0 aliphatic heterocycles. The fraction of sp³-hybridized carbons (Fsp3) is 0.467. The summed E-state index contributed by atoms with van der Waals surface area (Å²) in [4.78, 5) is 0. The summed E-state index contributed by atoms with van der Waals surface area (Å²) in [5.41, 5.74) is 6.19. The lowest BCUT2D eigenvalue weighted by molar-refractivity contribution is 0.242. The summed E-state index contributed by atoms with van der Waals surface area (Å²) < 4.78 is 18.8. The van der Waals surface area contributed by atoms with E-state index in [0.29, 0.717) is 17.9 Å². The molecule has 2 N–H and O–H groups in total. The van der Waals surface area contributed by atoms with Gasteiger partial charge in [-0.2, -0.15) is 0 Å². The van der Waals surface area contributed by atoms with E-state index in [1.54, 1.807) is 6.07 Å². The summed E-state index contributed by atoms with van der Waals surface area (Å²) in [6.07, 6.45) is 0.896. The molecule has 98 valence electrons. The highest BCUT2D eigenvalue weighted by molar-refractivity contribution is 5.46. The Labute approximate surface area is 108 Å². The first-order chi connectivity index (χ1) is 8.42. The Morgan fingerprint density at radius 1 is 1.33 bits per heavy atom. The van der Waals surface area contributed by atoms with Gasteiger partial charge in [0.25, 0.3) is 0 Å². The maximum atomic E-state index is 13.2. The second kappa shape index (κ2) is 6.42. The summed E-state index contributed by atoms with van der Waals surface area (Å²) in [6.45, 7) is 7.23. The standard InChI is InChI=1S/C15H20FNO/c1-15(2,3)8-10-18-14-11-13(16)7-6-12(14)5-4-9-17/h6-7,11H,8-10,17H2,1-3H3. The summed E-state index contributed by atoms with van der Waals surface area (Å²) in [7, 11) is 0. The topological polar surface area (TPSA) is 35.2 Å². The SMILES string of the molecule is CC(C)(C)CCOc1cc(F)ccc1C#CCN. The number of rotatable bonds is 3. The van der Waals surface area contributed by atoms with Gasteiger partial charge in [0.15, 0.2) is 0 Å². The van der Waals surface area contributed by atoms with Crippen LogP contribution in [0.5, 0.6) is 5.75 Å². The van der Waals surface area contributed by atoms with E-state index in [4.69, 9.17) is 10.5 Å². The number of halogens is 1. The average Bonchev–Trinajstić information content (AvgIpc) is 2.26. The van der Waals surface area contributed by atoms with E-state index in [0.717, 1.165) is 6.42 Å². The third kappa shape index (κ3) is 5.20. The third-order valence-electron chi connectivity index (χ3n) is 2.38. The van der Waals surface area contributed by atoms with Gasteiger partial charge >= 0.3 is 0 Å². The molecule has 1 aromatic rings. The van der Waals surface area contributed by atoms with Crippen LogP contribution in [0, 0.1) is 23.1 Å². The van der Waals surface area contributed by atoms with Crippen LogP contribution in [-0.4, -0.2) is 13.2 Å². The van der Waals surface area contributed by atoms with Crippen molar-refractivity contribution in [3.05, 3.63) is 29.6 Å². The Balaban J connectivity index is 2.76. The third-order valence-corrected chi connectivity index (χ3v) is 2.38. The Bertz CT molecular complexity index is 452. The molecule has 0 spiro atoms. The molecule has 0 radical (unpaired) electrons. The van der Waals surface area contributed by atoms with E-state index in [1.165, 1.54) is 12.1 Å². The van der Waals surface area contributed by atoms with Crippen molar-refractivity contribution < 1.29 is 9.13 Å². The zero-order chi connectivity index (χ0) is 13.6. The van der Waals surface area contributed by atoms with E-state index in [2.05, 4.69) is 32.6 Å². The summed E-state index contributed by atoms with van der Waals surface area (Å²) in [5.74, 6) is 5.79. The summed E-state index contributed by atoms with van der Waals surface area (Å²) in [6, 6.07) is 4.35. The maximum Gasteiger partial charge on any atom is 0.137 e. The minimum Gasteiger partial charge on any atom is -0.492 e. The van der Waals surface area contributed by atoms with Gasteiger partial charge in [0.1, 0.15) is 11.6 Å². The zero-order valence-electron chi connectivity index (χ0n) is 11.2. The number of nitrogens with two attached hydrogens (primary N) is 1. The number of hydrogen-bond acceptors (Lipinski definition) is 2. The first kappa shape index (κ1) is 14.5. The van der Waals surface area contributed by atoms with Gasteiger partial charge in [-0.1, -0.05) is 32.6 Å². The molecule has 0 amide bonds. The van der Waals surface area contributed by atoms with E-state index in [1.807, 2.05) is 0 Å². The molecule has 0 unspecified atom stereocenters. The van der Waals surface area contributed by atoms with Crippen LogP contribution in [0.4, 0.5) is 4.39 Å². The molecule has 0 saturated heterocycles. The van der Waals surface area contributed by atoms with Gasteiger partial charge < -0.3 is 10.5 Å². The Hall–Kier alpha value is -1.53. The highest BCUT2D eigenvalue weighted by Gasteiger charge is 2.11. The minimum absolute atomic E-state index is 0.191. The fourth-order valence-corrected chi connectivity index (χ4v) is 1.33. The maximum absolute atomic E-state index is 13.2. The number of hydrogen-bond donors (Lipinski definition) is 1. The van der Waals surface area contributed by atoms with E-state index >= 15 is 0 Å². The highest BCUT2D eigenvalue weighted by atomic mass is 19.1. The molecule has 0 fully saturated rings. The molecule has 0 heterocycles. The molecular formula is C15H20FNO. The monoisotopic (exact) mass is 249 g/mol. The Morgan fingerprint density at radius 3 is 2.67 bits per heavy atom. The first-order valence-corrected chi connectivity index (χ1v) is 6.04. The normalized spacial score (nSPS) is 10.7. The second-order valence-corrected chi connectivity index (χ2v) is 5.31. The summed E-state index contributed by atoms with van der Waals surface area (Å²) in [5, 5.41) is 0. The van der Waals surface area contributed by atoms with Crippen molar-refractivity contribution in [2.24, 2.45) is 11.1 Å². The first-order valence-electron chi connectivity index (χ1n) is 6.04. The van der Waals surface area contributed by atoms with Crippen molar-refractivity contribution >= 4 is 0 Å². The molecule has 0 aliphatic rings. The van der Waals surface area contributed by atoms with Crippen molar-refractivity contribution in [3.8, 4) is 17.6 Å². The number of ether oxygens (including phenoxy) is 1. The predicted molar refractivity (Wildman–Crippen MR) is 71.9 cm³/mol.